The number of carboxylic acid groups (broad SMARTS) is 1. The molecule has 1 aromatic carbocycles. The predicted molar refractivity (Wildman–Crippen MR) is 104 cm³/mol. The van der Waals surface area contributed by atoms with E-state index in [0.29, 0.717) is 24.7 Å². The van der Waals surface area contributed by atoms with Crippen LogP contribution in [0.15, 0.2) is 42.0 Å². The van der Waals surface area contributed by atoms with Crippen LogP contribution in [0.4, 0.5) is 0 Å². The molecular formula is C23H28O4. The van der Waals surface area contributed by atoms with Crippen LogP contribution < -0.4 is 0 Å². The van der Waals surface area contributed by atoms with Crippen LogP contribution in [-0.4, -0.2) is 33.5 Å². The minimum Gasteiger partial charge on any atom is -0.481 e. The number of fused-ring (bicyclic) bond motifs is 1. The number of aliphatic carboxylic acids is 1. The molecule has 0 aliphatic heterocycles. The molecule has 0 spiro atoms. The lowest BCUT2D eigenvalue weighted by Gasteiger charge is -2.48. The summed E-state index contributed by atoms with van der Waals surface area (Å²) in [5.74, 6) is 6.01. The summed E-state index contributed by atoms with van der Waals surface area (Å²) in [6, 6.07) is 10.0. The number of rotatable bonds is 6. The van der Waals surface area contributed by atoms with Gasteiger partial charge in [0.2, 0.25) is 0 Å². The van der Waals surface area contributed by atoms with E-state index in [9.17, 15) is 15.0 Å². The number of aliphatic hydroxyl groups is 2. The molecule has 0 amide bonds. The summed E-state index contributed by atoms with van der Waals surface area (Å²) in [5.41, 5.74) is 2.51. The van der Waals surface area contributed by atoms with Crippen LogP contribution in [0.3, 0.4) is 0 Å². The molecule has 2 aliphatic rings. The van der Waals surface area contributed by atoms with Gasteiger partial charge in [-0.15, -0.1) is 0 Å². The zero-order valence-corrected chi connectivity index (χ0v) is 15.6. The van der Waals surface area contributed by atoms with Gasteiger partial charge in [0.1, 0.15) is 6.10 Å². The van der Waals surface area contributed by atoms with Gasteiger partial charge >= 0.3 is 5.97 Å². The molecule has 4 heteroatoms. The maximum Gasteiger partial charge on any atom is 0.303 e. The van der Waals surface area contributed by atoms with Crippen molar-refractivity contribution >= 4 is 5.97 Å². The summed E-state index contributed by atoms with van der Waals surface area (Å²) in [6.45, 7) is 0. The molecule has 27 heavy (non-hydrogen) atoms. The van der Waals surface area contributed by atoms with Crippen molar-refractivity contribution in [1.29, 1.82) is 0 Å². The molecule has 0 heterocycles. The fraction of sp³-hybridized carbons (Fsp3) is 0.522. The van der Waals surface area contributed by atoms with E-state index in [2.05, 4.69) is 17.9 Å². The molecule has 3 rings (SSSR count). The number of carbonyl (C=O) groups is 1. The third-order valence-electron chi connectivity index (χ3n) is 5.84. The summed E-state index contributed by atoms with van der Waals surface area (Å²) >= 11 is 0. The summed E-state index contributed by atoms with van der Waals surface area (Å²) in [5, 5.41) is 29.3. The van der Waals surface area contributed by atoms with E-state index in [0.717, 1.165) is 25.7 Å². The van der Waals surface area contributed by atoms with Crippen molar-refractivity contribution in [3.8, 4) is 11.8 Å². The van der Waals surface area contributed by atoms with Crippen molar-refractivity contribution in [1.82, 2.24) is 0 Å². The van der Waals surface area contributed by atoms with Crippen LogP contribution in [0.5, 0.6) is 0 Å². The van der Waals surface area contributed by atoms with Crippen molar-refractivity contribution in [2.45, 2.75) is 57.2 Å². The lowest BCUT2D eigenvalue weighted by molar-refractivity contribution is -0.136. The van der Waals surface area contributed by atoms with E-state index >= 15 is 0 Å². The molecule has 4 nitrogen and oxygen atoms in total. The van der Waals surface area contributed by atoms with Gasteiger partial charge in [0.15, 0.2) is 0 Å². The highest BCUT2D eigenvalue weighted by Crippen LogP contribution is 2.51. The second-order valence-corrected chi connectivity index (χ2v) is 7.69. The van der Waals surface area contributed by atoms with Gasteiger partial charge in [-0.1, -0.05) is 53.8 Å². The molecular weight excluding hydrogens is 340 g/mol. The van der Waals surface area contributed by atoms with Crippen LogP contribution in [0, 0.1) is 29.6 Å². The lowest BCUT2D eigenvalue weighted by atomic mass is 9.57. The minimum atomic E-state index is -0.768. The first-order chi connectivity index (χ1) is 13.0. The number of allylic oxidation sites excluding steroid dienone is 2. The van der Waals surface area contributed by atoms with Gasteiger partial charge in [-0.05, 0) is 55.9 Å². The largest absolute Gasteiger partial charge is 0.481 e. The van der Waals surface area contributed by atoms with Crippen molar-refractivity contribution in [3.05, 3.63) is 47.5 Å². The molecule has 2 saturated carbocycles. The Bertz CT molecular complexity index is 728. The average molecular weight is 368 g/mol. The van der Waals surface area contributed by atoms with E-state index in [1.54, 1.807) is 0 Å². The van der Waals surface area contributed by atoms with Crippen LogP contribution in [0.1, 0.15) is 44.1 Å². The van der Waals surface area contributed by atoms with Crippen molar-refractivity contribution in [2.75, 3.05) is 0 Å². The molecule has 1 unspecified atom stereocenters. The molecule has 0 aromatic heterocycles. The molecule has 2 fully saturated rings. The standard InChI is InChI=1S/C23H28O4/c24-18(10-9-16-5-2-1-3-6-16)11-12-20-21-15-17(7-4-8-23(26)27)19(21)13-14-22(20)25/h1-3,5-7,18-22,24-25H,4,8-10,13-15H2,(H,26,27)/t18?,19-,20-,21+,22-/m1/s1. The number of benzene rings is 1. The molecule has 0 bridgehead atoms. The van der Waals surface area contributed by atoms with Crippen LogP contribution >= 0.6 is 0 Å². The van der Waals surface area contributed by atoms with E-state index in [-0.39, 0.29) is 12.3 Å². The van der Waals surface area contributed by atoms with Gasteiger partial charge in [-0.25, -0.2) is 0 Å². The maximum atomic E-state index is 10.7. The number of aryl methyl sites for hydroxylation is 1. The fourth-order valence-corrected chi connectivity index (χ4v) is 4.30. The van der Waals surface area contributed by atoms with Crippen LogP contribution in [0.25, 0.3) is 0 Å². The minimum absolute atomic E-state index is 0.0910. The van der Waals surface area contributed by atoms with E-state index in [1.807, 2.05) is 30.3 Å². The number of aliphatic hydroxyl groups excluding tert-OH is 2. The molecule has 1 aromatic rings. The Morgan fingerprint density at radius 2 is 2.04 bits per heavy atom. The molecule has 2 aliphatic carbocycles. The molecule has 5 atom stereocenters. The van der Waals surface area contributed by atoms with E-state index in [4.69, 9.17) is 5.11 Å². The van der Waals surface area contributed by atoms with Gasteiger partial charge in [0.05, 0.1) is 12.0 Å². The highest BCUT2D eigenvalue weighted by Gasteiger charge is 2.46. The Morgan fingerprint density at radius 1 is 1.26 bits per heavy atom. The van der Waals surface area contributed by atoms with E-state index in [1.165, 1.54) is 11.1 Å². The number of hydrogen-bond donors (Lipinski definition) is 3. The summed E-state index contributed by atoms with van der Waals surface area (Å²) in [7, 11) is 0. The Kier molecular flexibility index (Phi) is 6.71. The second-order valence-electron chi connectivity index (χ2n) is 7.69. The highest BCUT2D eigenvalue weighted by molar-refractivity contribution is 5.66. The van der Waals surface area contributed by atoms with Gasteiger partial charge in [-0.2, -0.15) is 0 Å². The first-order valence-electron chi connectivity index (χ1n) is 9.86. The van der Waals surface area contributed by atoms with Crippen molar-refractivity contribution < 1.29 is 20.1 Å². The smallest absolute Gasteiger partial charge is 0.303 e. The number of carboxylic acids is 1. The van der Waals surface area contributed by atoms with Gasteiger partial charge in [0, 0.05) is 6.42 Å². The quantitative estimate of drug-likeness (QED) is 0.532. The summed E-state index contributed by atoms with van der Waals surface area (Å²) in [4.78, 5) is 10.7. The Labute approximate surface area is 160 Å². The van der Waals surface area contributed by atoms with Crippen LogP contribution in [-0.2, 0) is 11.2 Å². The third kappa shape index (κ3) is 5.22. The molecule has 0 radical (unpaired) electrons. The maximum absolute atomic E-state index is 10.7. The predicted octanol–water partition coefficient (Wildman–Crippen LogP) is 3.18. The fourth-order valence-electron chi connectivity index (χ4n) is 4.30. The highest BCUT2D eigenvalue weighted by atomic mass is 16.4. The first-order valence-corrected chi connectivity index (χ1v) is 9.86. The summed E-state index contributed by atoms with van der Waals surface area (Å²) < 4.78 is 0. The van der Waals surface area contributed by atoms with Crippen molar-refractivity contribution in [3.63, 3.8) is 0 Å². The number of hydrogen-bond acceptors (Lipinski definition) is 3. The van der Waals surface area contributed by atoms with Gasteiger partial charge in [0.25, 0.3) is 0 Å². The first kappa shape index (κ1) is 19.7. The average Bonchev–Trinajstić information content (AvgIpc) is 2.64. The van der Waals surface area contributed by atoms with E-state index < -0.39 is 18.2 Å². The Balaban J connectivity index is 1.53. The SMILES string of the molecule is O=C(O)CCC=C1C[C@@H]2[C@@H](C#CC(O)CCc3ccccc3)[C@H](O)CC[C@H]12. The monoisotopic (exact) mass is 368 g/mol. The van der Waals surface area contributed by atoms with Gasteiger partial charge in [-0.3, -0.25) is 4.79 Å². The third-order valence-corrected chi connectivity index (χ3v) is 5.84. The lowest BCUT2D eigenvalue weighted by Crippen LogP contribution is -2.44. The Morgan fingerprint density at radius 3 is 2.78 bits per heavy atom. The van der Waals surface area contributed by atoms with Gasteiger partial charge < -0.3 is 15.3 Å². The van der Waals surface area contributed by atoms with Crippen molar-refractivity contribution in [2.24, 2.45) is 17.8 Å². The summed E-state index contributed by atoms with van der Waals surface area (Å²) in [6.07, 6.45) is 5.62. The zero-order valence-electron chi connectivity index (χ0n) is 15.6. The molecule has 0 saturated heterocycles. The van der Waals surface area contributed by atoms with Crippen LogP contribution in [0.2, 0.25) is 0 Å². The Hall–Kier alpha value is -2.09. The molecule has 3 N–H and O–H groups in total. The second kappa shape index (κ2) is 9.21. The molecule has 144 valence electrons. The normalized spacial score (nSPS) is 29.2. The zero-order chi connectivity index (χ0) is 19.2. The topological polar surface area (TPSA) is 77.8 Å².